The van der Waals surface area contributed by atoms with E-state index in [-0.39, 0.29) is 5.56 Å². The molecule has 2 aromatic carbocycles. The molecule has 4 aromatic rings. The van der Waals surface area contributed by atoms with E-state index in [1.807, 2.05) is 48.5 Å². The standard InChI is InChI=1S/C18H12ClN3OS/c19-14-8-6-13(7-9-14)10-15-17(23)22-18(24-15)20-16(21-22)11-12-4-2-1-3-5-12/h1-10H,11H2. The van der Waals surface area contributed by atoms with Crippen LogP contribution in [0.5, 0.6) is 0 Å². The van der Waals surface area contributed by atoms with Gasteiger partial charge in [-0.3, -0.25) is 4.79 Å². The van der Waals surface area contributed by atoms with Crippen molar-refractivity contribution in [3.63, 3.8) is 0 Å². The fraction of sp³-hybridized carbons (Fsp3) is 0.0556. The van der Waals surface area contributed by atoms with E-state index < -0.39 is 0 Å². The van der Waals surface area contributed by atoms with Crippen molar-refractivity contribution >= 4 is 34.0 Å². The number of hydrogen-bond donors (Lipinski definition) is 0. The predicted molar refractivity (Wildman–Crippen MR) is 96.6 cm³/mol. The van der Waals surface area contributed by atoms with Crippen molar-refractivity contribution in [2.75, 3.05) is 0 Å². The van der Waals surface area contributed by atoms with Gasteiger partial charge in [0, 0.05) is 11.4 Å². The summed E-state index contributed by atoms with van der Waals surface area (Å²) in [4.78, 5) is 17.6. The van der Waals surface area contributed by atoms with Crippen molar-refractivity contribution in [3.05, 3.63) is 91.5 Å². The first-order chi connectivity index (χ1) is 11.7. The van der Waals surface area contributed by atoms with Crippen LogP contribution in [0.3, 0.4) is 0 Å². The highest BCUT2D eigenvalue weighted by Gasteiger charge is 2.10. The third kappa shape index (κ3) is 2.96. The van der Waals surface area contributed by atoms with E-state index in [1.165, 1.54) is 15.9 Å². The van der Waals surface area contributed by atoms with Gasteiger partial charge in [-0.05, 0) is 29.3 Å². The fourth-order valence-corrected chi connectivity index (χ4v) is 3.49. The van der Waals surface area contributed by atoms with Gasteiger partial charge in [-0.15, -0.1) is 5.10 Å². The summed E-state index contributed by atoms with van der Waals surface area (Å²) in [5.41, 5.74) is 1.90. The number of nitrogens with zero attached hydrogens (tertiary/aromatic N) is 3. The minimum atomic E-state index is -0.142. The summed E-state index contributed by atoms with van der Waals surface area (Å²) < 4.78 is 1.99. The van der Waals surface area contributed by atoms with Gasteiger partial charge in [0.1, 0.15) is 0 Å². The Morgan fingerprint density at radius 2 is 1.83 bits per heavy atom. The summed E-state index contributed by atoms with van der Waals surface area (Å²) in [5.74, 6) is 0.655. The van der Waals surface area contributed by atoms with Crippen LogP contribution in [0.1, 0.15) is 17.0 Å². The number of rotatable bonds is 3. The third-order valence-electron chi connectivity index (χ3n) is 3.60. The van der Waals surface area contributed by atoms with Gasteiger partial charge in [0.05, 0.1) is 4.53 Å². The zero-order valence-electron chi connectivity index (χ0n) is 12.5. The van der Waals surface area contributed by atoms with E-state index in [4.69, 9.17) is 11.6 Å². The highest BCUT2D eigenvalue weighted by atomic mass is 35.5. The Kier molecular flexibility index (Phi) is 3.88. The summed E-state index contributed by atoms with van der Waals surface area (Å²) in [7, 11) is 0. The molecule has 0 aliphatic rings. The van der Waals surface area contributed by atoms with Gasteiger partial charge in [0.25, 0.3) is 5.56 Å². The van der Waals surface area contributed by atoms with Crippen LogP contribution in [0.4, 0.5) is 0 Å². The molecule has 2 aromatic heterocycles. The van der Waals surface area contributed by atoms with Gasteiger partial charge in [-0.1, -0.05) is 65.4 Å². The molecule has 0 saturated heterocycles. The molecule has 4 rings (SSSR count). The highest BCUT2D eigenvalue weighted by molar-refractivity contribution is 7.15. The minimum Gasteiger partial charge on any atom is -0.266 e. The monoisotopic (exact) mass is 353 g/mol. The Morgan fingerprint density at radius 3 is 2.54 bits per heavy atom. The van der Waals surface area contributed by atoms with Crippen molar-refractivity contribution in [1.82, 2.24) is 14.6 Å². The van der Waals surface area contributed by atoms with Crippen LogP contribution in [-0.2, 0) is 6.42 Å². The van der Waals surface area contributed by atoms with Crippen LogP contribution in [0, 0.1) is 0 Å². The first kappa shape index (κ1) is 15.1. The fourth-order valence-electron chi connectivity index (χ4n) is 2.44. The Morgan fingerprint density at radius 1 is 1.08 bits per heavy atom. The number of halogens is 1. The maximum absolute atomic E-state index is 12.5. The molecule has 0 N–H and O–H groups in total. The van der Waals surface area contributed by atoms with Gasteiger partial charge in [-0.25, -0.2) is 4.98 Å². The third-order valence-corrected chi connectivity index (χ3v) is 4.81. The van der Waals surface area contributed by atoms with Crippen LogP contribution in [0.15, 0.2) is 59.4 Å². The Balaban J connectivity index is 1.71. The van der Waals surface area contributed by atoms with E-state index in [2.05, 4.69) is 10.1 Å². The Bertz CT molecular complexity index is 1100. The molecule has 0 spiro atoms. The number of benzene rings is 2. The molecule has 6 heteroatoms. The first-order valence-corrected chi connectivity index (χ1v) is 8.58. The largest absolute Gasteiger partial charge is 0.291 e. The minimum absolute atomic E-state index is 0.142. The molecule has 0 aliphatic heterocycles. The number of fused-ring (bicyclic) bond motifs is 1. The average molecular weight is 354 g/mol. The first-order valence-electron chi connectivity index (χ1n) is 7.39. The van der Waals surface area contributed by atoms with Crippen molar-refractivity contribution in [2.45, 2.75) is 6.42 Å². The van der Waals surface area contributed by atoms with Gasteiger partial charge in [-0.2, -0.15) is 4.52 Å². The molecule has 0 aliphatic carbocycles. The molecular weight excluding hydrogens is 342 g/mol. The summed E-state index contributed by atoms with van der Waals surface area (Å²) in [6.45, 7) is 0. The van der Waals surface area contributed by atoms with Gasteiger partial charge >= 0.3 is 0 Å². The lowest BCUT2D eigenvalue weighted by Crippen LogP contribution is -2.23. The van der Waals surface area contributed by atoms with Gasteiger partial charge < -0.3 is 0 Å². The van der Waals surface area contributed by atoms with E-state index in [9.17, 15) is 4.79 Å². The molecule has 0 fully saturated rings. The summed E-state index contributed by atoms with van der Waals surface area (Å²) >= 11 is 7.22. The van der Waals surface area contributed by atoms with Crippen LogP contribution < -0.4 is 10.1 Å². The van der Waals surface area contributed by atoms with Gasteiger partial charge in [0.2, 0.25) is 4.96 Å². The van der Waals surface area contributed by atoms with E-state index >= 15 is 0 Å². The lowest BCUT2D eigenvalue weighted by atomic mass is 10.1. The van der Waals surface area contributed by atoms with Crippen LogP contribution >= 0.6 is 22.9 Å². The van der Waals surface area contributed by atoms with Crippen LogP contribution in [0.2, 0.25) is 5.02 Å². The molecule has 0 atom stereocenters. The number of aromatic nitrogens is 3. The van der Waals surface area contributed by atoms with Crippen LogP contribution in [-0.4, -0.2) is 14.6 Å². The Labute approximate surface area is 146 Å². The molecule has 2 heterocycles. The zero-order chi connectivity index (χ0) is 16.5. The van der Waals surface area contributed by atoms with Crippen molar-refractivity contribution in [3.8, 4) is 0 Å². The molecule has 0 saturated carbocycles. The highest BCUT2D eigenvalue weighted by Crippen LogP contribution is 2.11. The number of thiazole rings is 1. The maximum Gasteiger partial charge on any atom is 0.291 e. The molecule has 0 bridgehead atoms. The van der Waals surface area contributed by atoms with Crippen molar-refractivity contribution < 1.29 is 0 Å². The molecule has 24 heavy (non-hydrogen) atoms. The molecule has 4 nitrogen and oxygen atoms in total. The zero-order valence-corrected chi connectivity index (χ0v) is 14.1. The smallest absolute Gasteiger partial charge is 0.266 e. The van der Waals surface area contributed by atoms with Gasteiger partial charge in [0.15, 0.2) is 5.82 Å². The second-order valence-corrected chi connectivity index (χ2v) is 6.80. The second kappa shape index (κ2) is 6.19. The normalized spacial score (nSPS) is 12.1. The van der Waals surface area contributed by atoms with E-state index in [0.717, 1.165) is 11.1 Å². The van der Waals surface area contributed by atoms with E-state index in [1.54, 1.807) is 12.1 Å². The Hall–Kier alpha value is -2.50. The molecule has 0 radical (unpaired) electrons. The van der Waals surface area contributed by atoms with Crippen LogP contribution in [0.25, 0.3) is 11.0 Å². The molecule has 0 amide bonds. The number of hydrogen-bond acceptors (Lipinski definition) is 4. The average Bonchev–Trinajstić information content (AvgIpc) is 3.10. The van der Waals surface area contributed by atoms with Crippen molar-refractivity contribution in [2.24, 2.45) is 0 Å². The SMILES string of the molecule is O=c1c(=Cc2ccc(Cl)cc2)sc2nc(Cc3ccccc3)nn12. The predicted octanol–water partition coefficient (Wildman–Crippen LogP) is 2.94. The second-order valence-electron chi connectivity index (χ2n) is 5.35. The summed E-state index contributed by atoms with van der Waals surface area (Å²) in [6.07, 6.45) is 2.45. The maximum atomic E-state index is 12.5. The molecular formula is C18H12ClN3OS. The summed E-state index contributed by atoms with van der Waals surface area (Å²) in [6, 6.07) is 17.3. The lowest BCUT2D eigenvalue weighted by molar-refractivity contribution is 0.879. The van der Waals surface area contributed by atoms with E-state index in [0.29, 0.717) is 26.8 Å². The lowest BCUT2D eigenvalue weighted by Gasteiger charge is -1.94. The quantitative estimate of drug-likeness (QED) is 0.569. The molecule has 0 unspecified atom stereocenters. The molecule has 118 valence electrons. The topological polar surface area (TPSA) is 47.3 Å². The summed E-state index contributed by atoms with van der Waals surface area (Å²) in [5, 5.41) is 5.02. The van der Waals surface area contributed by atoms with Crippen molar-refractivity contribution in [1.29, 1.82) is 0 Å².